The fourth-order valence-corrected chi connectivity index (χ4v) is 3.56. The van der Waals surface area contributed by atoms with E-state index in [4.69, 9.17) is 11.6 Å². The first-order valence-electron chi connectivity index (χ1n) is 9.34. The molecule has 0 saturated carbocycles. The van der Waals surface area contributed by atoms with Crippen molar-refractivity contribution in [3.8, 4) is 0 Å². The molecule has 0 aliphatic carbocycles. The van der Waals surface area contributed by atoms with Crippen molar-refractivity contribution >= 4 is 46.6 Å². The molecule has 1 aromatic heterocycles. The molecule has 3 aromatic rings. The zero-order valence-corrected chi connectivity index (χ0v) is 18.3. The summed E-state index contributed by atoms with van der Waals surface area (Å²) in [6.45, 7) is 1.95. The van der Waals surface area contributed by atoms with Crippen molar-refractivity contribution in [2.45, 2.75) is 24.9 Å². The standard InChI is InChI=1S/C21H22ClN5O2S/c1-14-5-3-4-6-17(14)24-19(28)12-11-18-25-26-21(27(18)2)30-13-20(29)23-16-9-7-15(22)8-10-16/h3-10H,11-13H2,1-2H3,(H,23,29)(H,24,28). The van der Waals surface area contributed by atoms with E-state index in [0.717, 1.165) is 11.3 Å². The first kappa shape index (κ1) is 21.9. The van der Waals surface area contributed by atoms with E-state index >= 15 is 0 Å². The molecule has 2 aromatic carbocycles. The summed E-state index contributed by atoms with van der Waals surface area (Å²) in [7, 11) is 1.83. The van der Waals surface area contributed by atoms with Gasteiger partial charge < -0.3 is 15.2 Å². The summed E-state index contributed by atoms with van der Waals surface area (Å²) in [6, 6.07) is 14.6. The van der Waals surface area contributed by atoms with E-state index in [1.165, 1.54) is 11.8 Å². The number of carbonyl (C=O) groups excluding carboxylic acids is 2. The predicted octanol–water partition coefficient (Wildman–Crippen LogP) is 4.08. The largest absolute Gasteiger partial charge is 0.326 e. The summed E-state index contributed by atoms with van der Waals surface area (Å²) in [4.78, 5) is 24.4. The SMILES string of the molecule is Cc1ccccc1NC(=O)CCc1nnc(SCC(=O)Nc2ccc(Cl)cc2)n1C. The van der Waals surface area contributed by atoms with Gasteiger partial charge in [0.05, 0.1) is 5.75 Å². The van der Waals surface area contributed by atoms with E-state index in [9.17, 15) is 9.59 Å². The smallest absolute Gasteiger partial charge is 0.234 e. The van der Waals surface area contributed by atoms with Gasteiger partial charge in [0.25, 0.3) is 0 Å². The van der Waals surface area contributed by atoms with Gasteiger partial charge in [0.1, 0.15) is 5.82 Å². The third-order valence-corrected chi connectivity index (χ3v) is 5.65. The van der Waals surface area contributed by atoms with Crippen LogP contribution in [0, 0.1) is 6.92 Å². The van der Waals surface area contributed by atoms with Crippen LogP contribution in [-0.4, -0.2) is 32.3 Å². The summed E-state index contributed by atoms with van der Waals surface area (Å²) < 4.78 is 1.81. The Bertz CT molecular complexity index is 1040. The van der Waals surface area contributed by atoms with Gasteiger partial charge in [-0.15, -0.1) is 10.2 Å². The number of amides is 2. The lowest BCUT2D eigenvalue weighted by Gasteiger charge is -2.08. The number of halogens is 1. The van der Waals surface area contributed by atoms with Gasteiger partial charge in [-0.1, -0.05) is 41.6 Å². The maximum absolute atomic E-state index is 12.2. The minimum Gasteiger partial charge on any atom is -0.326 e. The fourth-order valence-electron chi connectivity index (χ4n) is 2.70. The summed E-state index contributed by atoms with van der Waals surface area (Å²) in [5, 5.41) is 15.2. The molecule has 0 bridgehead atoms. The number of para-hydroxylation sites is 1. The first-order valence-corrected chi connectivity index (χ1v) is 10.7. The van der Waals surface area contributed by atoms with E-state index in [1.54, 1.807) is 28.8 Å². The van der Waals surface area contributed by atoms with Gasteiger partial charge in [-0.2, -0.15) is 0 Å². The molecule has 0 aliphatic rings. The Labute approximate surface area is 184 Å². The van der Waals surface area contributed by atoms with Crippen LogP contribution in [0.5, 0.6) is 0 Å². The van der Waals surface area contributed by atoms with Crippen LogP contribution in [0.4, 0.5) is 11.4 Å². The van der Waals surface area contributed by atoms with Crippen molar-refractivity contribution in [1.29, 1.82) is 0 Å². The van der Waals surface area contributed by atoms with Crippen LogP contribution in [0.25, 0.3) is 0 Å². The third-order valence-electron chi connectivity index (χ3n) is 4.38. The number of hydrogen-bond donors (Lipinski definition) is 2. The topological polar surface area (TPSA) is 88.9 Å². The van der Waals surface area contributed by atoms with Gasteiger partial charge in [0.15, 0.2) is 5.16 Å². The summed E-state index contributed by atoms with van der Waals surface area (Å²) in [5.74, 6) is 0.659. The van der Waals surface area contributed by atoms with Crippen molar-refractivity contribution in [3.05, 3.63) is 64.9 Å². The Morgan fingerprint density at radius 1 is 1.03 bits per heavy atom. The van der Waals surface area contributed by atoms with E-state index in [2.05, 4.69) is 20.8 Å². The average molecular weight is 444 g/mol. The molecule has 1 heterocycles. The lowest BCUT2D eigenvalue weighted by molar-refractivity contribution is -0.116. The van der Waals surface area contributed by atoms with Crippen LogP contribution < -0.4 is 10.6 Å². The van der Waals surface area contributed by atoms with Gasteiger partial charge in [0.2, 0.25) is 11.8 Å². The molecular formula is C21H22ClN5O2S. The molecule has 9 heteroatoms. The summed E-state index contributed by atoms with van der Waals surface area (Å²) in [6.07, 6.45) is 0.751. The lowest BCUT2D eigenvalue weighted by atomic mass is 10.2. The molecule has 0 aliphatic heterocycles. The van der Waals surface area contributed by atoms with Crippen LogP contribution in [0.15, 0.2) is 53.7 Å². The first-order chi connectivity index (χ1) is 14.4. The third kappa shape index (κ3) is 6.08. The maximum Gasteiger partial charge on any atom is 0.234 e. The number of benzene rings is 2. The van der Waals surface area contributed by atoms with Gasteiger partial charge >= 0.3 is 0 Å². The lowest BCUT2D eigenvalue weighted by Crippen LogP contribution is -2.15. The van der Waals surface area contributed by atoms with Crippen LogP contribution >= 0.6 is 23.4 Å². The molecule has 0 radical (unpaired) electrons. The summed E-state index contributed by atoms with van der Waals surface area (Å²) >= 11 is 7.13. The zero-order chi connectivity index (χ0) is 21.5. The second-order valence-corrected chi connectivity index (χ2v) is 8.04. The number of nitrogens with one attached hydrogen (secondary N) is 2. The van der Waals surface area contributed by atoms with Gasteiger partial charge in [-0.05, 0) is 42.8 Å². The number of hydrogen-bond acceptors (Lipinski definition) is 5. The van der Waals surface area contributed by atoms with Gasteiger partial charge in [-0.3, -0.25) is 9.59 Å². The van der Waals surface area contributed by atoms with Gasteiger partial charge in [-0.25, -0.2) is 0 Å². The maximum atomic E-state index is 12.2. The van der Waals surface area contributed by atoms with Crippen molar-refractivity contribution in [1.82, 2.24) is 14.8 Å². The van der Waals surface area contributed by atoms with Crippen LogP contribution in [0.2, 0.25) is 5.02 Å². The second-order valence-electron chi connectivity index (χ2n) is 6.66. The zero-order valence-electron chi connectivity index (χ0n) is 16.7. The highest BCUT2D eigenvalue weighted by atomic mass is 35.5. The molecule has 2 N–H and O–H groups in total. The van der Waals surface area contributed by atoms with E-state index < -0.39 is 0 Å². The minimum atomic E-state index is -0.149. The number of aromatic nitrogens is 3. The predicted molar refractivity (Wildman–Crippen MR) is 120 cm³/mol. The van der Waals surface area contributed by atoms with E-state index in [0.29, 0.717) is 34.5 Å². The quantitative estimate of drug-likeness (QED) is 0.512. The van der Waals surface area contributed by atoms with Crippen LogP contribution in [0.1, 0.15) is 17.8 Å². The molecule has 0 unspecified atom stereocenters. The minimum absolute atomic E-state index is 0.0798. The molecule has 7 nitrogen and oxygen atoms in total. The Balaban J connectivity index is 1.48. The van der Waals surface area contributed by atoms with Crippen LogP contribution in [0.3, 0.4) is 0 Å². The number of nitrogens with zero attached hydrogens (tertiary/aromatic N) is 3. The molecule has 0 saturated heterocycles. The highest BCUT2D eigenvalue weighted by molar-refractivity contribution is 7.99. The Morgan fingerprint density at radius 2 is 1.77 bits per heavy atom. The molecule has 3 rings (SSSR count). The van der Waals surface area contributed by atoms with Crippen molar-refractivity contribution in [2.75, 3.05) is 16.4 Å². The molecule has 0 atom stereocenters. The number of aryl methyl sites for hydroxylation is 2. The molecule has 156 valence electrons. The monoisotopic (exact) mass is 443 g/mol. The van der Waals surface area contributed by atoms with Crippen molar-refractivity contribution in [3.63, 3.8) is 0 Å². The molecular weight excluding hydrogens is 422 g/mol. The second kappa shape index (κ2) is 10.3. The Morgan fingerprint density at radius 3 is 2.50 bits per heavy atom. The molecule has 30 heavy (non-hydrogen) atoms. The van der Waals surface area contributed by atoms with Crippen molar-refractivity contribution in [2.24, 2.45) is 7.05 Å². The average Bonchev–Trinajstić information content (AvgIpc) is 3.08. The molecule has 2 amide bonds. The van der Waals surface area contributed by atoms with Crippen LogP contribution in [-0.2, 0) is 23.1 Å². The van der Waals surface area contributed by atoms with E-state index in [1.807, 2.05) is 38.2 Å². The van der Waals surface area contributed by atoms with Gasteiger partial charge in [0, 0.05) is 36.3 Å². The Hall–Kier alpha value is -2.84. The number of thioether (sulfide) groups is 1. The summed E-state index contributed by atoms with van der Waals surface area (Å²) in [5.41, 5.74) is 2.51. The highest BCUT2D eigenvalue weighted by Crippen LogP contribution is 2.19. The van der Waals surface area contributed by atoms with Crippen molar-refractivity contribution < 1.29 is 9.59 Å². The Kier molecular flexibility index (Phi) is 7.48. The number of carbonyl (C=O) groups is 2. The fraction of sp³-hybridized carbons (Fsp3) is 0.238. The normalized spacial score (nSPS) is 10.6. The highest BCUT2D eigenvalue weighted by Gasteiger charge is 2.13. The number of anilines is 2. The molecule has 0 fully saturated rings. The van der Waals surface area contributed by atoms with E-state index in [-0.39, 0.29) is 17.6 Å². The number of rotatable bonds is 8. The molecule has 0 spiro atoms.